The van der Waals surface area contributed by atoms with Gasteiger partial charge in [-0.3, -0.25) is 9.36 Å². The minimum atomic E-state index is -0.755. The maximum atomic E-state index is 14.0. The second kappa shape index (κ2) is 11.1. The molecule has 38 heavy (non-hydrogen) atoms. The van der Waals surface area contributed by atoms with Gasteiger partial charge in [0.15, 0.2) is 11.6 Å². The van der Waals surface area contributed by atoms with Gasteiger partial charge in [0, 0.05) is 55.8 Å². The monoisotopic (exact) mass is 518 g/mol. The lowest BCUT2D eigenvalue weighted by atomic mass is 10.0. The lowest BCUT2D eigenvalue weighted by Gasteiger charge is -2.23. The molecule has 1 saturated heterocycles. The number of nitrogens with one attached hydrogen (secondary N) is 2. The summed E-state index contributed by atoms with van der Waals surface area (Å²) in [4.78, 5) is 17.1. The summed E-state index contributed by atoms with van der Waals surface area (Å²) in [6.45, 7) is 6.64. The molecule has 8 nitrogen and oxygen atoms in total. The number of carbonyl (C=O) groups is 1. The topological polar surface area (TPSA) is 97.6 Å². The van der Waals surface area contributed by atoms with E-state index < -0.39 is 11.6 Å². The van der Waals surface area contributed by atoms with E-state index in [1.54, 1.807) is 6.33 Å². The Bertz CT molecular complexity index is 1460. The van der Waals surface area contributed by atoms with Crippen molar-refractivity contribution in [1.29, 1.82) is 0 Å². The highest BCUT2D eigenvalue weighted by atomic mass is 19.1. The van der Waals surface area contributed by atoms with Crippen molar-refractivity contribution in [2.24, 2.45) is 5.92 Å². The number of ether oxygens (including phenoxy) is 2. The van der Waals surface area contributed by atoms with Gasteiger partial charge >= 0.3 is 0 Å². The van der Waals surface area contributed by atoms with Gasteiger partial charge < -0.3 is 25.2 Å². The third-order valence-corrected chi connectivity index (χ3v) is 6.77. The Balaban J connectivity index is 1.52. The molecule has 5 rings (SSSR count). The van der Waals surface area contributed by atoms with Gasteiger partial charge in [-0.2, -0.15) is 0 Å². The highest BCUT2D eigenvalue weighted by Crippen LogP contribution is 2.34. The number of fused-ring (bicyclic) bond motifs is 1. The highest BCUT2D eigenvalue weighted by Gasteiger charge is 2.18. The molecule has 0 saturated carbocycles. The van der Waals surface area contributed by atoms with Crippen LogP contribution in [-0.4, -0.2) is 46.9 Å². The molecule has 9 heteroatoms. The molecule has 0 bridgehead atoms. The lowest BCUT2D eigenvalue weighted by Crippen LogP contribution is -2.23. The lowest BCUT2D eigenvalue weighted by molar-refractivity contribution is 0.0699. The number of imidazole rings is 1. The molecule has 0 aliphatic carbocycles. The van der Waals surface area contributed by atoms with Gasteiger partial charge in [-0.1, -0.05) is 0 Å². The molecular formula is C29H31FN4O4. The molecule has 1 aromatic heterocycles. The van der Waals surface area contributed by atoms with Crippen LogP contribution >= 0.6 is 0 Å². The number of hydrogen-bond donors (Lipinski definition) is 3. The van der Waals surface area contributed by atoms with E-state index in [1.165, 1.54) is 12.1 Å². The standard InChI is InChI=1S/C29H31FN4O4/c1-3-31-29(36)23-6-4-20(12-18(23)2)34-17-33-28-25(32-16-19-8-10-37-11-9-19)14-22(15-26(28)34)38-21-5-7-27(35)24(30)13-21/h4-7,12-15,17,19,32,35H,3,8-11,16H2,1-2H3,(H,31,36). The van der Waals surface area contributed by atoms with Crippen LogP contribution in [0.5, 0.6) is 17.2 Å². The van der Waals surface area contributed by atoms with E-state index >= 15 is 0 Å². The highest BCUT2D eigenvalue weighted by molar-refractivity contribution is 5.96. The van der Waals surface area contributed by atoms with E-state index in [1.807, 2.05) is 48.7 Å². The summed E-state index contributed by atoms with van der Waals surface area (Å²) in [5.74, 6) is -0.0485. The van der Waals surface area contributed by atoms with Crippen LogP contribution in [0.2, 0.25) is 0 Å². The van der Waals surface area contributed by atoms with E-state index in [0.717, 1.165) is 66.6 Å². The fourth-order valence-corrected chi connectivity index (χ4v) is 4.69. The predicted molar refractivity (Wildman–Crippen MR) is 144 cm³/mol. The summed E-state index contributed by atoms with van der Waals surface area (Å²) in [5, 5.41) is 15.9. The molecule has 0 unspecified atom stereocenters. The van der Waals surface area contributed by atoms with Crippen LogP contribution < -0.4 is 15.4 Å². The first kappa shape index (κ1) is 25.5. The summed E-state index contributed by atoms with van der Waals surface area (Å²) in [6, 6.07) is 13.3. The Labute approximate surface area is 220 Å². The van der Waals surface area contributed by atoms with Crippen LogP contribution in [0.1, 0.15) is 35.7 Å². The zero-order chi connectivity index (χ0) is 26.6. The number of benzene rings is 3. The van der Waals surface area contributed by atoms with Crippen LogP contribution in [0, 0.1) is 18.7 Å². The van der Waals surface area contributed by atoms with Crippen molar-refractivity contribution in [3.63, 3.8) is 0 Å². The third-order valence-electron chi connectivity index (χ3n) is 6.77. The zero-order valence-corrected chi connectivity index (χ0v) is 21.5. The first-order valence-electron chi connectivity index (χ1n) is 12.8. The van der Waals surface area contributed by atoms with Crippen molar-refractivity contribution in [2.45, 2.75) is 26.7 Å². The SMILES string of the molecule is CCNC(=O)c1ccc(-n2cnc3c(NCC4CCOCC4)cc(Oc4ccc(O)c(F)c4)cc32)cc1C. The van der Waals surface area contributed by atoms with Gasteiger partial charge in [0.2, 0.25) is 0 Å². The fourth-order valence-electron chi connectivity index (χ4n) is 4.69. The molecule has 3 N–H and O–H groups in total. The maximum absolute atomic E-state index is 14.0. The minimum Gasteiger partial charge on any atom is -0.505 e. The van der Waals surface area contributed by atoms with Crippen molar-refractivity contribution in [1.82, 2.24) is 14.9 Å². The number of aromatic hydroxyl groups is 1. The van der Waals surface area contributed by atoms with Crippen LogP contribution in [0.15, 0.2) is 54.9 Å². The van der Waals surface area contributed by atoms with Gasteiger partial charge in [0.1, 0.15) is 23.3 Å². The number of rotatable bonds is 8. The number of nitrogens with zero attached hydrogens (tertiary/aromatic N) is 2. The largest absolute Gasteiger partial charge is 0.505 e. The van der Waals surface area contributed by atoms with Crippen LogP contribution in [0.4, 0.5) is 10.1 Å². The van der Waals surface area contributed by atoms with Crippen molar-refractivity contribution < 1.29 is 23.8 Å². The van der Waals surface area contributed by atoms with E-state index in [2.05, 4.69) is 10.6 Å². The predicted octanol–water partition coefficient (Wildman–Crippen LogP) is 5.56. The van der Waals surface area contributed by atoms with Crippen molar-refractivity contribution in [3.05, 3.63) is 71.8 Å². The Kier molecular flexibility index (Phi) is 7.46. The summed E-state index contributed by atoms with van der Waals surface area (Å²) >= 11 is 0. The summed E-state index contributed by atoms with van der Waals surface area (Å²) in [7, 11) is 0. The number of anilines is 1. The molecule has 0 spiro atoms. The number of hydrogen-bond acceptors (Lipinski definition) is 6. The van der Waals surface area contributed by atoms with E-state index in [0.29, 0.717) is 23.8 Å². The van der Waals surface area contributed by atoms with Crippen molar-refractivity contribution >= 4 is 22.6 Å². The molecule has 0 radical (unpaired) electrons. The molecule has 2 heterocycles. The Morgan fingerprint density at radius 2 is 1.97 bits per heavy atom. The number of halogens is 1. The first-order valence-corrected chi connectivity index (χ1v) is 12.8. The fraction of sp³-hybridized carbons (Fsp3) is 0.310. The Hall–Kier alpha value is -4.11. The van der Waals surface area contributed by atoms with Crippen molar-refractivity contribution in [2.75, 3.05) is 31.6 Å². The first-order chi connectivity index (χ1) is 18.4. The number of aryl methyl sites for hydroxylation is 1. The van der Waals surface area contributed by atoms with Gasteiger partial charge in [-0.25, -0.2) is 9.37 Å². The summed E-state index contributed by atoms with van der Waals surface area (Å²) in [6.07, 6.45) is 3.73. The number of phenolic OH excluding ortho intramolecular Hbond substituents is 1. The second-order valence-electron chi connectivity index (χ2n) is 9.46. The molecule has 1 amide bonds. The molecule has 1 aliphatic heterocycles. The molecule has 0 atom stereocenters. The number of carbonyl (C=O) groups excluding carboxylic acids is 1. The molecule has 198 valence electrons. The molecule has 1 fully saturated rings. The Morgan fingerprint density at radius 3 is 2.71 bits per heavy atom. The third kappa shape index (κ3) is 5.43. The van der Waals surface area contributed by atoms with Crippen LogP contribution in [-0.2, 0) is 4.74 Å². The van der Waals surface area contributed by atoms with E-state index in [4.69, 9.17) is 14.5 Å². The average molecular weight is 519 g/mol. The number of aromatic nitrogens is 2. The maximum Gasteiger partial charge on any atom is 0.251 e. The Morgan fingerprint density at radius 1 is 1.16 bits per heavy atom. The summed E-state index contributed by atoms with van der Waals surface area (Å²) in [5.41, 5.74) is 4.68. The van der Waals surface area contributed by atoms with Gasteiger partial charge in [0.05, 0.1) is 11.2 Å². The molecule has 1 aliphatic rings. The summed E-state index contributed by atoms with van der Waals surface area (Å²) < 4.78 is 27.4. The van der Waals surface area contributed by atoms with Gasteiger partial charge in [0.25, 0.3) is 5.91 Å². The van der Waals surface area contributed by atoms with E-state index in [9.17, 15) is 14.3 Å². The van der Waals surface area contributed by atoms with Crippen LogP contribution in [0.3, 0.4) is 0 Å². The number of amides is 1. The van der Waals surface area contributed by atoms with Crippen LogP contribution in [0.25, 0.3) is 16.7 Å². The average Bonchev–Trinajstić information content (AvgIpc) is 3.34. The second-order valence-corrected chi connectivity index (χ2v) is 9.46. The minimum absolute atomic E-state index is 0.108. The molecule has 3 aromatic carbocycles. The normalized spacial score (nSPS) is 14.0. The zero-order valence-electron chi connectivity index (χ0n) is 21.5. The smallest absolute Gasteiger partial charge is 0.251 e. The van der Waals surface area contributed by atoms with Gasteiger partial charge in [-0.15, -0.1) is 0 Å². The number of phenols is 1. The van der Waals surface area contributed by atoms with Crippen molar-refractivity contribution in [3.8, 4) is 22.9 Å². The molecular weight excluding hydrogens is 487 g/mol. The van der Waals surface area contributed by atoms with Gasteiger partial charge in [-0.05, 0) is 68.5 Å². The molecule has 4 aromatic rings. The van der Waals surface area contributed by atoms with E-state index in [-0.39, 0.29) is 11.7 Å². The quantitative estimate of drug-likeness (QED) is 0.283.